The highest BCUT2D eigenvalue weighted by molar-refractivity contribution is 6.24. The van der Waals surface area contributed by atoms with Crippen molar-refractivity contribution >= 4 is 29.1 Å². The topological polar surface area (TPSA) is 151 Å². The molecule has 6 aliphatic rings. The van der Waals surface area contributed by atoms with Crippen LogP contribution in [0.25, 0.3) is 0 Å². The van der Waals surface area contributed by atoms with Gasteiger partial charge in [0.05, 0.1) is 54.1 Å². The third kappa shape index (κ3) is 5.41. The molecule has 0 unspecified atom stereocenters. The summed E-state index contributed by atoms with van der Waals surface area (Å²) in [6, 6.07) is 0. The average molecular weight is 689 g/mol. The molecule has 0 aromatic carbocycles. The molecule has 0 radical (unpaired) electrons. The molecule has 6 heterocycles. The number of carbonyl (C=O) groups excluding carboxylic acids is 2. The van der Waals surface area contributed by atoms with E-state index in [-0.39, 0.29) is 30.0 Å². The monoisotopic (exact) mass is 688 g/mol. The number of esters is 2. The van der Waals surface area contributed by atoms with E-state index in [2.05, 4.69) is 55.4 Å². The number of methoxy groups -OCH3 is 2. The number of hydrogen-bond acceptors (Lipinski definition) is 10. The molecule has 11 heteroatoms. The van der Waals surface area contributed by atoms with Gasteiger partial charge in [0.1, 0.15) is 11.7 Å². The Hall–Kier alpha value is -5.32. The van der Waals surface area contributed by atoms with Gasteiger partial charge in [0, 0.05) is 58.5 Å². The zero-order valence-electron chi connectivity index (χ0n) is 30.7. The van der Waals surface area contributed by atoms with Gasteiger partial charge in [-0.15, -0.1) is 0 Å². The van der Waals surface area contributed by atoms with E-state index in [9.17, 15) is 14.7 Å². The number of aliphatic imine (C=N–C) groups is 3. The molecule has 264 valence electrons. The molecule has 5 aliphatic heterocycles. The molecule has 8 bridgehead atoms. The van der Waals surface area contributed by atoms with Gasteiger partial charge < -0.3 is 19.9 Å². The second kappa shape index (κ2) is 12.8. The first-order valence-corrected chi connectivity index (χ1v) is 17.5. The number of aryl methyl sites for hydroxylation is 2. The van der Waals surface area contributed by atoms with Crippen molar-refractivity contribution in [2.24, 2.45) is 32.7 Å². The van der Waals surface area contributed by atoms with Crippen LogP contribution in [0.1, 0.15) is 70.8 Å². The maximum absolute atomic E-state index is 13.5. The third-order valence-electron chi connectivity index (χ3n) is 11.3. The fourth-order valence-electron chi connectivity index (χ4n) is 8.16. The predicted molar refractivity (Wildman–Crippen MR) is 196 cm³/mol. The van der Waals surface area contributed by atoms with Crippen molar-refractivity contribution in [2.45, 2.75) is 74.1 Å². The minimum atomic E-state index is -1.07. The number of aromatic amines is 1. The summed E-state index contributed by atoms with van der Waals surface area (Å²) in [7, 11) is 2.70. The van der Waals surface area contributed by atoms with E-state index in [4.69, 9.17) is 24.5 Å². The smallest absolute Gasteiger partial charge is 0.321 e. The van der Waals surface area contributed by atoms with Crippen molar-refractivity contribution in [1.29, 1.82) is 0 Å². The molecule has 1 aromatic heterocycles. The van der Waals surface area contributed by atoms with Crippen molar-refractivity contribution in [3.8, 4) is 0 Å². The Labute approximate surface area is 297 Å². The van der Waals surface area contributed by atoms with Crippen LogP contribution in [0.15, 0.2) is 106 Å². The van der Waals surface area contributed by atoms with Gasteiger partial charge in [-0.2, -0.15) is 5.10 Å². The van der Waals surface area contributed by atoms with Crippen LogP contribution >= 0.6 is 0 Å². The number of aromatic nitrogens is 2. The number of hydrogen-bond donors (Lipinski definition) is 3. The number of allylic oxidation sites excluding steroid dienone is 11. The van der Waals surface area contributed by atoms with Crippen LogP contribution in [-0.4, -0.2) is 58.6 Å². The highest BCUT2D eigenvalue weighted by Crippen LogP contribution is 2.49. The van der Waals surface area contributed by atoms with Gasteiger partial charge in [0.25, 0.3) is 0 Å². The molecule has 11 nitrogen and oxygen atoms in total. The average Bonchev–Trinajstić information content (AvgIpc) is 3.91. The molecule has 1 aromatic rings. The number of aliphatic hydroxyl groups is 1. The molecule has 0 saturated carbocycles. The van der Waals surface area contributed by atoms with Crippen molar-refractivity contribution in [3.63, 3.8) is 0 Å². The summed E-state index contributed by atoms with van der Waals surface area (Å²) < 4.78 is 10.3. The van der Waals surface area contributed by atoms with Gasteiger partial charge >= 0.3 is 11.9 Å². The van der Waals surface area contributed by atoms with Crippen molar-refractivity contribution in [1.82, 2.24) is 15.5 Å². The normalized spacial score (nSPS) is 23.8. The van der Waals surface area contributed by atoms with E-state index in [1.54, 1.807) is 0 Å². The Kier molecular flexibility index (Phi) is 8.55. The molecule has 1 saturated heterocycles. The minimum absolute atomic E-state index is 0.0900. The molecular formula is C40H44N6O5. The molecule has 1 fully saturated rings. The zero-order valence-corrected chi connectivity index (χ0v) is 30.7. The Morgan fingerprint density at radius 2 is 1.59 bits per heavy atom. The number of H-pyrrole nitrogens is 1. The Bertz CT molecular complexity index is 2150. The number of nitrogens with one attached hydrogen (secondary N) is 2. The number of fused-ring (bicyclic) bond motifs is 5. The Morgan fingerprint density at radius 1 is 0.902 bits per heavy atom. The molecule has 0 spiro atoms. The molecular weight excluding hydrogens is 644 g/mol. The second-order valence-corrected chi connectivity index (χ2v) is 14.0. The van der Waals surface area contributed by atoms with Gasteiger partial charge in [-0.05, 0) is 93.6 Å². The number of nitrogens with zero attached hydrogens (tertiary/aromatic N) is 4. The lowest BCUT2D eigenvalue weighted by Gasteiger charge is -2.20. The van der Waals surface area contributed by atoms with E-state index >= 15 is 0 Å². The first kappa shape index (κ1) is 34.1. The number of aliphatic hydroxyl groups excluding tert-OH is 1. The van der Waals surface area contributed by atoms with Gasteiger partial charge in [0.2, 0.25) is 0 Å². The van der Waals surface area contributed by atoms with Crippen LogP contribution in [0.2, 0.25) is 0 Å². The summed E-state index contributed by atoms with van der Waals surface area (Å²) in [6.45, 7) is 14.4. The quantitative estimate of drug-likeness (QED) is 0.274. The highest BCUT2D eigenvalue weighted by atomic mass is 16.5. The summed E-state index contributed by atoms with van der Waals surface area (Å²) in [6.07, 6.45) is 8.19. The van der Waals surface area contributed by atoms with Crippen LogP contribution in [0, 0.1) is 31.6 Å². The van der Waals surface area contributed by atoms with Crippen molar-refractivity contribution in [2.75, 3.05) is 14.2 Å². The van der Waals surface area contributed by atoms with E-state index in [1.165, 1.54) is 14.2 Å². The van der Waals surface area contributed by atoms with Gasteiger partial charge in [0.15, 0.2) is 0 Å². The van der Waals surface area contributed by atoms with Crippen LogP contribution in [-0.2, 0) is 25.5 Å². The van der Waals surface area contributed by atoms with E-state index < -0.39 is 11.9 Å². The first-order valence-electron chi connectivity index (χ1n) is 17.5. The van der Waals surface area contributed by atoms with Gasteiger partial charge in [-0.3, -0.25) is 14.7 Å². The summed E-state index contributed by atoms with van der Waals surface area (Å²) in [5.74, 6) is -2.38. The zero-order chi connectivity index (χ0) is 36.5. The summed E-state index contributed by atoms with van der Waals surface area (Å²) >= 11 is 0. The number of carbonyl (C=O) groups is 2. The summed E-state index contributed by atoms with van der Waals surface area (Å²) in [5.41, 5.74) is 15.4. The molecule has 0 amide bonds. The predicted octanol–water partition coefficient (Wildman–Crippen LogP) is 6.59. The van der Waals surface area contributed by atoms with Crippen LogP contribution in [0.3, 0.4) is 0 Å². The van der Waals surface area contributed by atoms with Gasteiger partial charge in [-0.1, -0.05) is 13.8 Å². The lowest BCUT2D eigenvalue weighted by atomic mass is 9.84. The largest absolute Gasteiger partial charge is 0.510 e. The molecule has 51 heavy (non-hydrogen) atoms. The van der Waals surface area contributed by atoms with Crippen LogP contribution in [0.4, 0.5) is 0 Å². The third-order valence-corrected chi connectivity index (χ3v) is 11.3. The number of ether oxygens (including phenoxy) is 2. The lowest BCUT2D eigenvalue weighted by Crippen LogP contribution is -2.25. The SMILES string of the molecule is CCC1=C(C)C2=NC1=CC1=C(C)C3=C(O)[C@H](C(=O)OC)C(=C4NC(=CC5=NC(=C2)C(Cc2c(C)n[nH]c2C)=C5C)[C@@H](C)[C@@H]4CCC(=O)OC)C3=N1. The first-order chi connectivity index (χ1) is 24.4. The highest BCUT2D eigenvalue weighted by Gasteiger charge is 2.49. The van der Waals surface area contributed by atoms with Crippen LogP contribution < -0.4 is 5.32 Å². The van der Waals surface area contributed by atoms with Crippen molar-refractivity contribution < 1.29 is 24.2 Å². The van der Waals surface area contributed by atoms with E-state index in [0.717, 1.165) is 85.4 Å². The van der Waals surface area contributed by atoms with Crippen LogP contribution in [0.5, 0.6) is 0 Å². The maximum Gasteiger partial charge on any atom is 0.321 e. The van der Waals surface area contributed by atoms with E-state index in [1.807, 2.05) is 26.8 Å². The molecule has 3 atom stereocenters. The number of rotatable bonds is 7. The molecule has 3 N–H and O–H groups in total. The fourth-order valence-corrected chi connectivity index (χ4v) is 8.16. The second-order valence-electron chi connectivity index (χ2n) is 14.0. The van der Waals surface area contributed by atoms with Gasteiger partial charge in [-0.25, -0.2) is 15.0 Å². The fraction of sp³-hybridized carbons (Fsp3) is 0.400. The standard InChI is InChI=1S/C40H44N6O5/c1-10-23-17(2)28-15-32-25(13-26-21(6)45-46-22(26)7)19(4)27(42-32)14-29-18(3)24(11-12-33(47)50-8)37(43-29)35-36(40(49)51-9)39(48)34-20(5)30(44-38(34)35)16-31(23)41-28/h14-16,18,24,36,43,48H,10-13H2,1-9H3,(H,45,46)/t18-,24-,36+/m0/s1. The summed E-state index contributed by atoms with van der Waals surface area (Å²) in [4.78, 5) is 41.4. The lowest BCUT2D eigenvalue weighted by molar-refractivity contribution is -0.143. The Morgan fingerprint density at radius 3 is 2.24 bits per heavy atom. The minimum Gasteiger partial charge on any atom is -0.510 e. The van der Waals surface area contributed by atoms with Crippen molar-refractivity contribution in [3.05, 3.63) is 108 Å². The molecule has 1 aliphatic carbocycles. The molecule has 7 rings (SSSR count). The summed E-state index contributed by atoms with van der Waals surface area (Å²) in [5, 5.41) is 23.0. The Balaban J connectivity index is 1.50. The van der Waals surface area contributed by atoms with E-state index in [0.29, 0.717) is 35.4 Å². The maximum atomic E-state index is 13.5.